The summed E-state index contributed by atoms with van der Waals surface area (Å²) >= 11 is 11.1. The van der Waals surface area contributed by atoms with Crippen molar-refractivity contribution in [3.63, 3.8) is 0 Å². The molecule has 1 amide bonds. The molecule has 156 valence electrons. The second-order valence-corrected chi connectivity index (χ2v) is 8.33. The molecule has 1 N–H and O–H groups in total. The highest BCUT2D eigenvalue weighted by molar-refractivity contribution is 7.71. The van der Waals surface area contributed by atoms with E-state index in [-0.39, 0.29) is 55.4 Å². The van der Waals surface area contributed by atoms with Gasteiger partial charge >= 0.3 is 0 Å². The van der Waals surface area contributed by atoms with Crippen LogP contribution in [0, 0.1) is 16.4 Å². The Balaban J connectivity index is 1.54. The highest BCUT2D eigenvalue weighted by Crippen LogP contribution is 2.36. The second-order valence-electron chi connectivity index (χ2n) is 7.54. The van der Waals surface area contributed by atoms with Gasteiger partial charge in [0.15, 0.2) is 4.77 Å². The Labute approximate surface area is 174 Å². The minimum absolute atomic E-state index is 0.00414. The van der Waals surface area contributed by atoms with Gasteiger partial charge in [0.1, 0.15) is 11.6 Å². The van der Waals surface area contributed by atoms with Gasteiger partial charge in [0, 0.05) is 55.3 Å². The van der Waals surface area contributed by atoms with Gasteiger partial charge < -0.3 is 14.5 Å². The molecule has 1 atom stereocenters. The van der Waals surface area contributed by atoms with E-state index < -0.39 is 23.5 Å². The van der Waals surface area contributed by atoms with Crippen molar-refractivity contribution in [3.8, 4) is 0 Å². The minimum Gasteiger partial charge on any atom is -0.342 e. The number of benzene rings is 1. The molecule has 0 bridgehead atoms. The fourth-order valence-corrected chi connectivity index (χ4v) is 4.57. The van der Waals surface area contributed by atoms with Crippen LogP contribution in [0.4, 0.5) is 17.6 Å². The molecule has 3 heterocycles. The molecule has 0 aliphatic carbocycles. The number of halogens is 5. The molecule has 2 aliphatic heterocycles. The molecule has 1 aromatic heterocycles. The lowest BCUT2D eigenvalue weighted by Gasteiger charge is -2.31. The quantitative estimate of drug-likeness (QED) is 0.424. The third-order valence-electron chi connectivity index (χ3n) is 5.68. The van der Waals surface area contributed by atoms with E-state index in [4.69, 9.17) is 23.8 Å². The number of hydrogen-bond acceptors (Lipinski definition) is 2. The number of likely N-dealkylation sites (tertiary alicyclic amines) is 1. The van der Waals surface area contributed by atoms with Crippen molar-refractivity contribution in [2.45, 2.75) is 44.1 Å². The molecule has 0 unspecified atom stereocenters. The van der Waals surface area contributed by atoms with Gasteiger partial charge in [-0.25, -0.2) is 17.6 Å². The number of nitrogens with zero attached hydrogens (tertiary/aromatic N) is 2. The molecule has 0 radical (unpaired) electrons. The van der Waals surface area contributed by atoms with Crippen LogP contribution in [0.25, 0.3) is 0 Å². The van der Waals surface area contributed by atoms with Crippen molar-refractivity contribution < 1.29 is 22.4 Å². The van der Waals surface area contributed by atoms with Crippen molar-refractivity contribution in [3.05, 3.63) is 50.5 Å². The van der Waals surface area contributed by atoms with E-state index in [2.05, 4.69) is 4.98 Å². The molecule has 1 saturated heterocycles. The van der Waals surface area contributed by atoms with E-state index in [1.807, 2.05) is 0 Å². The summed E-state index contributed by atoms with van der Waals surface area (Å²) in [5.74, 6) is -4.97. The van der Waals surface area contributed by atoms with Crippen LogP contribution in [0.15, 0.2) is 12.1 Å². The zero-order valence-corrected chi connectivity index (χ0v) is 16.9. The van der Waals surface area contributed by atoms with E-state index in [0.717, 1.165) is 6.07 Å². The average Bonchev–Trinajstić information content (AvgIpc) is 3.20. The molecule has 4 rings (SSSR count). The van der Waals surface area contributed by atoms with Gasteiger partial charge in [-0.05, 0) is 30.8 Å². The highest BCUT2D eigenvalue weighted by atomic mass is 35.5. The van der Waals surface area contributed by atoms with Gasteiger partial charge in [0.25, 0.3) is 5.92 Å². The van der Waals surface area contributed by atoms with Crippen LogP contribution in [-0.2, 0) is 24.2 Å². The maximum atomic E-state index is 14.4. The number of aromatic amines is 1. The fourth-order valence-electron chi connectivity index (χ4n) is 4.10. The summed E-state index contributed by atoms with van der Waals surface area (Å²) in [5.41, 5.74) is 1.17. The smallest absolute Gasteiger partial charge is 0.251 e. The van der Waals surface area contributed by atoms with Gasteiger partial charge in [-0.3, -0.25) is 4.79 Å². The van der Waals surface area contributed by atoms with Crippen LogP contribution < -0.4 is 0 Å². The Morgan fingerprint density at radius 1 is 1.28 bits per heavy atom. The molecule has 4 nitrogen and oxygen atoms in total. The van der Waals surface area contributed by atoms with Crippen molar-refractivity contribution in [1.29, 1.82) is 0 Å². The number of carbonyl (C=O) groups is 1. The maximum absolute atomic E-state index is 14.4. The van der Waals surface area contributed by atoms with Crippen molar-refractivity contribution in [2.75, 3.05) is 13.1 Å². The first kappa shape index (κ1) is 20.4. The lowest BCUT2D eigenvalue weighted by Crippen LogP contribution is -2.43. The van der Waals surface area contributed by atoms with Gasteiger partial charge in [-0.15, -0.1) is 0 Å². The number of nitrogens with one attached hydrogen (secondary N) is 1. The SMILES string of the molecule is O=C(Cc1[nH]c(=S)n2c1C[C@@H](c1c(F)ccc(Cl)c1F)C2)N1CCC(F)(F)CC1. The van der Waals surface area contributed by atoms with E-state index >= 15 is 0 Å². The van der Waals surface area contributed by atoms with Crippen LogP contribution in [0.1, 0.15) is 35.7 Å². The number of amides is 1. The van der Waals surface area contributed by atoms with E-state index in [0.29, 0.717) is 22.6 Å². The lowest BCUT2D eigenvalue weighted by atomic mass is 9.95. The summed E-state index contributed by atoms with van der Waals surface area (Å²) in [6.45, 7) is 0.275. The number of piperidine rings is 1. The number of fused-ring (bicyclic) bond motifs is 1. The lowest BCUT2D eigenvalue weighted by molar-refractivity contribution is -0.136. The Bertz CT molecular complexity index is 1030. The van der Waals surface area contributed by atoms with Crippen LogP contribution in [-0.4, -0.2) is 39.4 Å². The number of hydrogen-bond donors (Lipinski definition) is 1. The van der Waals surface area contributed by atoms with Crippen molar-refractivity contribution in [1.82, 2.24) is 14.5 Å². The molecule has 10 heteroatoms. The Kier molecular flexibility index (Phi) is 5.23. The maximum Gasteiger partial charge on any atom is 0.251 e. The first-order valence-corrected chi connectivity index (χ1v) is 10.0. The zero-order chi connectivity index (χ0) is 20.9. The molecule has 0 spiro atoms. The number of alkyl halides is 2. The van der Waals surface area contributed by atoms with Gasteiger partial charge in [0.2, 0.25) is 5.91 Å². The third kappa shape index (κ3) is 3.82. The number of rotatable bonds is 3. The van der Waals surface area contributed by atoms with Gasteiger partial charge in [0.05, 0.1) is 11.4 Å². The Morgan fingerprint density at radius 3 is 2.66 bits per heavy atom. The summed E-state index contributed by atoms with van der Waals surface area (Å²) < 4.78 is 57.4. The number of H-pyrrole nitrogens is 1. The van der Waals surface area contributed by atoms with Crippen LogP contribution in [0.3, 0.4) is 0 Å². The van der Waals surface area contributed by atoms with Gasteiger partial charge in [-0.1, -0.05) is 11.6 Å². The zero-order valence-electron chi connectivity index (χ0n) is 15.3. The molecule has 1 aromatic carbocycles. The standard InChI is InChI=1S/C19H18ClF4N3OS/c20-11-1-2-12(21)16(17(11)22)10-7-14-13(25-18(29)27(14)9-10)8-15(28)26-5-3-19(23,24)4-6-26/h1-2,10H,3-9H2,(H,25,29)/t10-/m1/s1. The fraction of sp³-hybridized carbons (Fsp3) is 0.474. The highest BCUT2D eigenvalue weighted by Gasteiger charge is 2.36. The summed E-state index contributed by atoms with van der Waals surface area (Å²) in [6, 6.07) is 2.30. The van der Waals surface area contributed by atoms with Crippen LogP contribution in [0.2, 0.25) is 5.02 Å². The topological polar surface area (TPSA) is 41.0 Å². The van der Waals surface area contributed by atoms with Crippen molar-refractivity contribution in [2.24, 2.45) is 0 Å². The minimum atomic E-state index is -2.73. The van der Waals surface area contributed by atoms with E-state index in [1.165, 1.54) is 11.0 Å². The van der Waals surface area contributed by atoms with Gasteiger partial charge in [-0.2, -0.15) is 0 Å². The molecule has 29 heavy (non-hydrogen) atoms. The summed E-state index contributed by atoms with van der Waals surface area (Å²) in [4.78, 5) is 17.0. The molecule has 0 saturated carbocycles. The molecule has 2 aliphatic rings. The Morgan fingerprint density at radius 2 is 1.97 bits per heavy atom. The number of carbonyl (C=O) groups excluding carboxylic acids is 1. The van der Waals surface area contributed by atoms with Crippen LogP contribution in [0.5, 0.6) is 0 Å². The normalized spacial score (nSPS) is 20.7. The Hall–Kier alpha value is -1.87. The number of aromatic nitrogens is 2. The average molecular weight is 448 g/mol. The summed E-state index contributed by atoms with van der Waals surface area (Å²) in [7, 11) is 0. The van der Waals surface area contributed by atoms with E-state index in [1.54, 1.807) is 4.57 Å². The first-order valence-electron chi connectivity index (χ1n) is 9.26. The van der Waals surface area contributed by atoms with Crippen molar-refractivity contribution >= 4 is 29.7 Å². The molecule has 1 fully saturated rings. The predicted molar refractivity (Wildman–Crippen MR) is 102 cm³/mol. The monoisotopic (exact) mass is 447 g/mol. The number of imidazole rings is 1. The molecular weight excluding hydrogens is 430 g/mol. The molecule has 2 aromatic rings. The third-order valence-corrected chi connectivity index (χ3v) is 6.30. The largest absolute Gasteiger partial charge is 0.342 e. The second kappa shape index (κ2) is 7.43. The van der Waals surface area contributed by atoms with Crippen LogP contribution >= 0.6 is 23.8 Å². The summed E-state index contributed by atoms with van der Waals surface area (Å²) in [5, 5.41) is -0.152. The molecular formula is C19H18ClF4N3OS. The first-order chi connectivity index (χ1) is 13.7. The summed E-state index contributed by atoms with van der Waals surface area (Å²) in [6.07, 6.45) is -0.428. The van der Waals surface area contributed by atoms with E-state index in [9.17, 15) is 22.4 Å². The predicted octanol–water partition coefficient (Wildman–Crippen LogP) is 4.62.